The second kappa shape index (κ2) is 7.59. The Labute approximate surface area is 144 Å². The molecule has 7 nitrogen and oxygen atoms in total. The minimum atomic E-state index is 0.248. The Hall–Kier alpha value is -2.19. The first-order valence-electron chi connectivity index (χ1n) is 7.78. The molecule has 8 heteroatoms. The molecular weight excluding hydrogens is 324 g/mol. The van der Waals surface area contributed by atoms with Crippen molar-refractivity contribution in [3.63, 3.8) is 0 Å². The number of hydrogen-bond acceptors (Lipinski definition) is 7. The number of rotatable bonds is 7. The Morgan fingerprint density at radius 1 is 1.21 bits per heavy atom. The summed E-state index contributed by atoms with van der Waals surface area (Å²) >= 11 is 1.52. The van der Waals surface area contributed by atoms with Crippen molar-refractivity contribution in [2.75, 3.05) is 0 Å². The van der Waals surface area contributed by atoms with Gasteiger partial charge in [-0.1, -0.05) is 61.1 Å². The van der Waals surface area contributed by atoms with Crippen molar-refractivity contribution in [1.82, 2.24) is 24.9 Å². The number of hydrogen-bond donors (Lipinski definition) is 1. The molecule has 0 atom stereocenters. The molecule has 0 radical (unpaired) electrons. The highest BCUT2D eigenvalue weighted by Crippen LogP contribution is 2.23. The predicted octanol–water partition coefficient (Wildman–Crippen LogP) is 2.58. The van der Waals surface area contributed by atoms with Crippen molar-refractivity contribution in [3.8, 4) is 0 Å². The molecule has 0 spiro atoms. The van der Waals surface area contributed by atoms with Crippen molar-refractivity contribution < 1.29 is 4.52 Å². The van der Waals surface area contributed by atoms with Gasteiger partial charge in [0.05, 0.1) is 18.8 Å². The maximum absolute atomic E-state index is 5.79. The van der Waals surface area contributed by atoms with Gasteiger partial charge in [-0.05, 0) is 5.56 Å². The van der Waals surface area contributed by atoms with E-state index in [-0.39, 0.29) is 5.92 Å². The van der Waals surface area contributed by atoms with Crippen molar-refractivity contribution in [2.45, 2.75) is 43.8 Å². The summed E-state index contributed by atoms with van der Waals surface area (Å²) in [7, 11) is 0. The van der Waals surface area contributed by atoms with E-state index in [0.29, 0.717) is 24.7 Å². The molecule has 0 saturated carbocycles. The fraction of sp³-hybridized carbons (Fsp3) is 0.375. The van der Waals surface area contributed by atoms with Crippen molar-refractivity contribution in [2.24, 2.45) is 5.73 Å². The maximum Gasteiger partial charge on any atom is 0.237 e. The molecule has 0 aliphatic heterocycles. The number of nitrogens with two attached hydrogens (primary N) is 1. The van der Waals surface area contributed by atoms with Crippen LogP contribution in [0.25, 0.3) is 0 Å². The lowest BCUT2D eigenvalue weighted by Gasteiger charge is -2.08. The minimum absolute atomic E-state index is 0.248. The third-order valence-corrected chi connectivity index (χ3v) is 4.44. The van der Waals surface area contributed by atoms with Crippen LogP contribution in [0.3, 0.4) is 0 Å². The summed E-state index contributed by atoms with van der Waals surface area (Å²) in [6, 6.07) is 10.2. The van der Waals surface area contributed by atoms with Crippen LogP contribution in [0.1, 0.15) is 42.9 Å². The van der Waals surface area contributed by atoms with Gasteiger partial charge in [-0.25, -0.2) is 0 Å². The lowest BCUT2D eigenvalue weighted by molar-refractivity contribution is 0.382. The van der Waals surface area contributed by atoms with Crippen molar-refractivity contribution in [1.29, 1.82) is 0 Å². The fourth-order valence-corrected chi connectivity index (χ4v) is 2.98. The number of aromatic nitrogens is 5. The van der Waals surface area contributed by atoms with Crippen LogP contribution in [0.15, 0.2) is 40.0 Å². The molecule has 126 valence electrons. The number of thioether (sulfide) groups is 1. The molecule has 1 aromatic carbocycles. The highest BCUT2D eigenvalue weighted by Gasteiger charge is 2.15. The Balaban J connectivity index is 1.74. The molecule has 24 heavy (non-hydrogen) atoms. The first-order valence-corrected chi connectivity index (χ1v) is 8.77. The van der Waals surface area contributed by atoms with Crippen LogP contribution in [-0.2, 0) is 18.8 Å². The standard InChI is InChI=1S/C16H20N6OS/c1-11(2)15-18-14(23-21-15)10-24-16-20-19-13(8-17)22(16)9-12-6-4-3-5-7-12/h3-7,11H,8-10,17H2,1-2H3. The SMILES string of the molecule is CC(C)c1noc(CSc2nnc(CN)n2Cc2ccccc2)n1. The van der Waals surface area contributed by atoms with Gasteiger partial charge in [0.15, 0.2) is 11.0 Å². The van der Waals surface area contributed by atoms with Crippen LogP contribution in [0.5, 0.6) is 0 Å². The average molecular weight is 344 g/mol. The van der Waals surface area contributed by atoms with E-state index in [4.69, 9.17) is 10.3 Å². The van der Waals surface area contributed by atoms with Crippen LogP contribution in [-0.4, -0.2) is 24.9 Å². The molecule has 0 aliphatic carbocycles. The van der Waals surface area contributed by atoms with Crippen molar-refractivity contribution in [3.05, 3.63) is 53.4 Å². The average Bonchev–Trinajstić information content (AvgIpc) is 3.21. The summed E-state index contributed by atoms with van der Waals surface area (Å²) in [5.41, 5.74) is 6.96. The molecule has 3 rings (SSSR count). The zero-order chi connectivity index (χ0) is 16.9. The monoisotopic (exact) mass is 344 g/mol. The summed E-state index contributed by atoms with van der Waals surface area (Å²) < 4.78 is 7.30. The molecular formula is C16H20N6OS. The molecule has 3 aromatic rings. The van der Waals surface area contributed by atoms with E-state index in [2.05, 4.69) is 32.5 Å². The highest BCUT2D eigenvalue weighted by atomic mass is 32.2. The van der Waals surface area contributed by atoms with E-state index in [9.17, 15) is 0 Å². The summed E-state index contributed by atoms with van der Waals surface area (Å²) in [6.45, 7) is 5.10. The van der Waals surface area contributed by atoms with Gasteiger partial charge in [-0.15, -0.1) is 10.2 Å². The van der Waals surface area contributed by atoms with Crippen LogP contribution >= 0.6 is 11.8 Å². The smallest absolute Gasteiger partial charge is 0.237 e. The van der Waals surface area contributed by atoms with Gasteiger partial charge in [-0.2, -0.15) is 4.98 Å². The Bertz CT molecular complexity index is 783. The third kappa shape index (κ3) is 3.82. The lowest BCUT2D eigenvalue weighted by Crippen LogP contribution is -2.10. The Morgan fingerprint density at radius 2 is 2.00 bits per heavy atom. The predicted molar refractivity (Wildman–Crippen MR) is 91.4 cm³/mol. The first-order chi connectivity index (χ1) is 11.7. The highest BCUT2D eigenvalue weighted by molar-refractivity contribution is 7.98. The van der Waals surface area contributed by atoms with Crippen LogP contribution in [0, 0.1) is 0 Å². The fourth-order valence-electron chi connectivity index (χ4n) is 2.19. The maximum atomic E-state index is 5.79. The molecule has 0 saturated heterocycles. The molecule has 2 heterocycles. The van der Waals surface area contributed by atoms with Gasteiger partial charge >= 0.3 is 0 Å². The summed E-state index contributed by atoms with van der Waals surface area (Å²) in [4.78, 5) is 4.38. The zero-order valence-corrected chi connectivity index (χ0v) is 14.5. The van der Waals surface area contributed by atoms with E-state index in [0.717, 1.165) is 16.8 Å². The van der Waals surface area contributed by atoms with Crippen LogP contribution in [0.2, 0.25) is 0 Å². The van der Waals surface area contributed by atoms with E-state index >= 15 is 0 Å². The van der Waals surface area contributed by atoms with Gasteiger partial charge in [0.2, 0.25) is 5.89 Å². The van der Waals surface area contributed by atoms with Gasteiger partial charge in [0.25, 0.3) is 0 Å². The molecule has 0 amide bonds. The first kappa shape index (κ1) is 16.7. The lowest BCUT2D eigenvalue weighted by atomic mass is 10.2. The normalized spacial score (nSPS) is 11.3. The molecule has 0 unspecified atom stereocenters. The van der Waals surface area contributed by atoms with E-state index < -0.39 is 0 Å². The van der Waals surface area contributed by atoms with Gasteiger partial charge in [0.1, 0.15) is 5.82 Å². The van der Waals surface area contributed by atoms with Gasteiger partial charge in [-0.3, -0.25) is 0 Å². The molecule has 2 N–H and O–H groups in total. The van der Waals surface area contributed by atoms with E-state index in [1.807, 2.05) is 36.6 Å². The molecule has 0 bridgehead atoms. The minimum Gasteiger partial charge on any atom is -0.338 e. The van der Waals surface area contributed by atoms with E-state index in [1.54, 1.807) is 0 Å². The second-order valence-electron chi connectivity index (χ2n) is 5.66. The second-order valence-corrected chi connectivity index (χ2v) is 6.61. The summed E-state index contributed by atoms with van der Waals surface area (Å²) in [5.74, 6) is 2.87. The Morgan fingerprint density at radius 3 is 2.67 bits per heavy atom. The summed E-state index contributed by atoms with van der Waals surface area (Å²) in [5, 5.41) is 13.2. The van der Waals surface area contributed by atoms with Crippen molar-refractivity contribution >= 4 is 11.8 Å². The topological polar surface area (TPSA) is 95.6 Å². The van der Waals surface area contributed by atoms with Gasteiger partial charge < -0.3 is 14.8 Å². The largest absolute Gasteiger partial charge is 0.338 e. The van der Waals surface area contributed by atoms with Crippen LogP contribution in [0.4, 0.5) is 0 Å². The summed E-state index contributed by atoms with van der Waals surface area (Å²) in [6.07, 6.45) is 0. The molecule has 0 fully saturated rings. The quantitative estimate of drug-likeness (QED) is 0.658. The van der Waals surface area contributed by atoms with E-state index in [1.165, 1.54) is 17.3 Å². The molecule has 2 aromatic heterocycles. The Kier molecular flexibility index (Phi) is 5.27. The number of nitrogens with zero attached hydrogens (tertiary/aromatic N) is 5. The third-order valence-electron chi connectivity index (χ3n) is 3.48. The van der Waals surface area contributed by atoms with Gasteiger partial charge in [0, 0.05) is 5.92 Å². The number of benzene rings is 1. The zero-order valence-electron chi connectivity index (χ0n) is 13.7. The molecule has 0 aliphatic rings. The van der Waals surface area contributed by atoms with Crippen LogP contribution < -0.4 is 5.73 Å².